The normalized spacial score (nSPS) is 12.0. The smallest absolute Gasteiger partial charge is 0.197 e. The van der Waals surface area contributed by atoms with Crippen LogP contribution in [0.5, 0.6) is 0 Å². The summed E-state index contributed by atoms with van der Waals surface area (Å²) in [6.45, 7) is 4.35. The minimum atomic E-state index is 0.269. The topological polar surface area (TPSA) is 47.9 Å². The van der Waals surface area contributed by atoms with Crippen LogP contribution in [0.3, 0.4) is 0 Å². The lowest BCUT2D eigenvalue weighted by Crippen LogP contribution is -2.20. The zero-order valence-corrected chi connectivity index (χ0v) is 14.4. The Morgan fingerprint density at radius 3 is 2.44 bits per heavy atom. The van der Waals surface area contributed by atoms with Crippen LogP contribution < -0.4 is 10.6 Å². The predicted molar refractivity (Wildman–Crippen MR) is 108 cm³/mol. The number of nitrogens with one attached hydrogen (secondary N) is 3. The molecule has 3 aromatic rings. The van der Waals surface area contributed by atoms with Gasteiger partial charge in [-0.05, 0) is 46.0 Å². The van der Waals surface area contributed by atoms with E-state index < -0.39 is 0 Å². The second kappa shape index (κ2) is 6.10. The third kappa shape index (κ3) is 2.89. The van der Waals surface area contributed by atoms with Crippen LogP contribution >= 0.6 is 0 Å². The zero-order chi connectivity index (χ0) is 17.4. The van der Waals surface area contributed by atoms with Gasteiger partial charge < -0.3 is 10.6 Å². The maximum Gasteiger partial charge on any atom is 0.197 e. The molecule has 0 spiro atoms. The summed E-state index contributed by atoms with van der Waals surface area (Å²) in [6.07, 6.45) is 4.25. The van der Waals surface area contributed by atoms with Gasteiger partial charge in [-0.1, -0.05) is 62.4 Å². The summed E-state index contributed by atoms with van der Waals surface area (Å²) in [7, 11) is 0. The van der Waals surface area contributed by atoms with E-state index in [-0.39, 0.29) is 5.96 Å². The molecular weight excluding hydrogens is 306 g/mol. The van der Waals surface area contributed by atoms with E-state index in [1.165, 1.54) is 21.9 Å². The van der Waals surface area contributed by atoms with Gasteiger partial charge in [0.1, 0.15) is 0 Å². The highest BCUT2D eigenvalue weighted by molar-refractivity contribution is 6.11. The average Bonchev–Trinajstić information content (AvgIpc) is 3.04. The molecular formula is C22H21N3. The fourth-order valence-electron chi connectivity index (χ4n) is 3.29. The lowest BCUT2D eigenvalue weighted by atomic mass is 10.0. The van der Waals surface area contributed by atoms with Gasteiger partial charge in [0.2, 0.25) is 0 Å². The Morgan fingerprint density at radius 1 is 0.880 bits per heavy atom. The summed E-state index contributed by atoms with van der Waals surface area (Å²) in [4.78, 5) is 0. The van der Waals surface area contributed by atoms with Crippen LogP contribution in [0.25, 0.3) is 22.9 Å². The number of hydrogen-bond acceptors (Lipinski definition) is 1. The van der Waals surface area contributed by atoms with E-state index in [9.17, 15) is 0 Å². The van der Waals surface area contributed by atoms with Gasteiger partial charge >= 0.3 is 0 Å². The van der Waals surface area contributed by atoms with Gasteiger partial charge in [0.25, 0.3) is 0 Å². The summed E-state index contributed by atoms with van der Waals surface area (Å²) in [5.41, 5.74) is 5.54. The Hall–Kier alpha value is -3.07. The van der Waals surface area contributed by atoms with Crippen molar-refractivity contribution >= 4 is 40.3 Å². The van der Waals surface area contributed by atoms with Crippen LogP contribution in [-0.4, -0.2) is 5.96 Å². The monoisotopic (exact) mass is 327 g/mol. The van der Waals surface area contributed by atoms with Gasteiger partial charge in [-0.3, -0.25) is 5.41 Å². The molecule has 0 amide bonds. The summed E-state index contributed by atoms with van der Waals surface area (Å²) in [6, 6.07) is 18.7. The minimum Gasteiger partial charge on any atom is -0.326 e. The van der Waals surface area contributed by atoms with Crippen molar-refractivity contribution in [1.82, 2.24) is 0 Å². The van der Waals surface area contributed by atoms with Gasteiger partial charge in [-0.15, -0.1) is 0 Å². The fourth-order valence-corrected chi connectivity index (χ4v) is 3.29. The van der Waals surface area contributed by atoms with Crippen molar-refractivity contribution in [2.45, 2.75) is 19.8 Å². The minimum absolute atomic E-state index is 0.269. The van der Waals surface area contributed by atoms with Gasteiger partial charge in [-0.25, -0.2) is 0 Å². The summed E-state index contributed by atoms with van der Waals surface area (Å²) >= 11 is 0. The highest BCUT2D eigenvalue weighted by Crippen LogP contribution is 2.35. The average molecular weight is 327 g/mol. The molecule has 3 N–H and O–H groups in total. The molecule has 124 valence electrons. The molecule has 0 saturated carbocycles. The van der Waals surface area contributed by atoms with Crippen molar-refractivity contribution in [2.75, 3.05) is 10.6 Å². The van der Waals surface area contributed by atoms with Gasteiger partial charge in [-0.2, -0.15) is 0 Å². The quantitative estimate of drug-likeness (QED) is 0.324. The molecule has 0 atom stereocenters. The molecule has 0 saturated heterocycles. The Morgan fingerprint density at radius 2 is 1.68 bits per heavy atom. The highest BCUT2D eigenvalue weighted by Gasteiger charge is 2.13. The standard InChI is InChI=1S/C22H21N3/c1-14(2)15-6-10-18(11-7-15)24-22(23)25-20-13-9-17-5-3-4-16-8-12-19(20)21(16)17/h3-14H,1-2H3,(H3,23,24,25). The number of rotatable bonds is 3. The molecule has 0 radical (unpaired) electrons. The Bertz CT molecular complexity index is 982. The molecule has 0 fully saturated rings. The maximum atomic E-state index is 8.25. The first kappa shape index (κ1) is 15.5. The largest absolute Gasteiger partial charge is 0.326 e. The number of benzene rings is 3. The summed E-state index contributed by atoms with van der Waals surface area (Å²) in [5.74, 6) is 0.778. The molecule has 0 aliphatic heterocycles. The Labute approximate surface area is 147 Å². The van der Waals surface area contributed by atoms with Crippen molar-refractivity contribution < 1.29 is 0 Å². The van der Waals surface area contributed by atoms with Crippen LogP contribution in [0, 0.1) is 5.41 Å². The van der Waals surface area contributed by atoms with Crippen molar-refractivity contribution in [1.29, 1.82) is 5.41 Å². The predicted octanol–water partition coefficient (Wildman–Crippen LogP) is 5.91. The van der Waals surface area contributed by atoms with Gasteiger partial charge in [0, 0.05) is 16.9 Å². The molecule has 4 rings (SSSR count). The van der Waals surface area contributed by atoms with Crippen molar-refractivity contribution in [3.63, 3.8) is 0 Å². The van der Waals surface area contributed by atoms with E-state index in [0.717, 1.165) is 16.9 Å². The number of hydrogen-bond donors (Lipinski definition) is 3. The lowest BCUT2D eigenvalue weighted by molar-refractivity contribution is 0.867. The van der Waals surface area contributed by atoms with Crippen LogP contribution in [0.4, 0.5) is 11.4 Å². The van der Waals surface area contributed by atoms with Crippen LogP contribution in [0.15, 0.2) is 54.6 Å². The summed E-state index contributed by atoms with van der Waals surface area (Å²) < 4.78 is 0. The zero-order valence-electron chi connectivity index (χ0n) is 14.4. The number of anilines is 2. The molecule has 3 nitrogen and oxygen atoms in total. The second-order valence-corrected chi connectivity index (χ2v) is 6.71. The molecule has 3 heteroatoms. The third-order valence-corrected chi connectivity index (χ3v) is 4.65. The number of guanidine groups is 1. The fraction of sp³-hybridized carbons (Fsp3) is 0.136. The molecule has 3 aromatic carbocycles. The van der Waals surface area contributed by atoms with Crippen molar-refractivity contribution in [3.05, 3.63) is 71.3 Å². The maximum absolute atomic E-state index is 8.25. The highest BCUT2D eigenvalue weighted by atomic mass is 15.1. The Kier molecular flexibility index (Phi) is 3.77. The summed E-state index contributed by atoms with van der Waals surface area (Å²) in [5, 5.41) is 17.0. The first-order chi connectivity index (χ1) is 12.1. The molecule has 0 bridgehead atoms. The van der Waals surface area contributed by atoms with E-state index in [1.807, 2.05) is 18.2 Å². The van der Waals surface area contributed by atoms with Crippen LogP contribution in [0.1, 0.15) is 36.5 Å². The lowest BCUT2D eigenvalue weighted by Gasteiger charge is -2.14. The molecule has 1 aliphatic rings. The van der Waals surface area contributed by atoms with Crippen LogP contribution in [0.2, 0.25) is 0 Å². The first-order valence-corrected chi connectivity index (χ1v) is 8.58. The second-order valence-electron chi connectivity index (χ2n) is 6.71. The molecule has 25 heavy (non-hydrogen) atoms. The SMILES string of the molecule is CC(C)c1ccc(NC(=N)Nc2ccc3cccc4c3c2C=C4)cc1. The van der Waals surface area contributed by atoms with E-state index >= 15 is 0 Å². The molecule has 1 aliphatic carbocycles. The molecule has 0 heterocycles. The van der Waals surface area contributed by atoms with Crippen molar-refractivity contribution in [2.24, 2.45) is 0 Å². The van der Waals surface area contributed by atoms with E-state index in [4.69, 9.17) is 5.41 Å². The molecule has 0 aromatic heterocycles. The molecule has 0 unspecified atom stereocenters. The van der Waals surface area contributed by atoms with Gasteiger partial charge in [0.05, 0.1) is 0 Å². The first-order valence-electron chi connectivity index (χ1n) is 8.58. The van der Waals surface area contributed by atoms with Gasteiger partial charge in [0.15, 0.2) is 5.96 Å². The van der Waals surface area contributed by atoms with Crippen LogP contribution in [-0.2, 0) is 0 Å². The third-order valence-electron chi connectivity index (χ3n) is 4.65. The van der Waals surface area contributed by atoms with E-state index in [1.54, 1.807) is 0 Å². The Balaban J connectivity index is 1.54. The van der Waals surface area contributed by atoms with E-state index in [2.05, 4.69) is 73.0 Å². The van der Waals surface area contributed by atoms with Crippen molar-refractivity contribution in [3.8, 4) is 0 Å². The van der Waals surface area contributed by atoms with E-state index in [0.29, 0.717) is 5.92 Å².